The number of thioether (sulfide) groups is 1. The molecule has 0 aromatic heterocycles. The van der Waals surface area contributed by atoms with Gasteiger partial charge in [-0.25, -0.2) is 0 Å². The lowest BCUT2D eigenvalue weighted by Gasteiger charge is -2.05. The Morgan fingerprint density at radius 3 is 2.69 bits per heavy atom. The van der Waals surface area contributed by atoms with E-state index in [-0.39, 0.29) is 0 Å². The van der Waals surface area contributed by atoms with E-state index in [2.05, 4.69) is 5.32 Å². The van der Waals surface area contributed by atoms with Crippen molar-refractivity contribution in [3.05, 3.63) is 28.8 Å². The fourth-order valence-electron chi connectivity index (χ4n) is 0.983. The van der Waals surface area contributed by atoms with Gasteiger partial charge in [0.15, 0.2) is 0 Å². The van der Waals surface area contributed by atoms with Gasteiger partial charge in [-0.3, -0.25) is 5.41 Å². The first-order chi connectivity index (χ1) is 6.17. The van der Waals surface area contributed by atoms with Gasteiger partial charge in [-0.15, -0.1) is 11.8 Å². The zero-order chi connectivity index (χ0) is 9.84. The second-order valence-corrected chi connectivity index (χ2v) is 3.76. The Hall–Kier alpha value is -0.670. The minimum absolute atomic E-state index is 0.527. The highest BCUT2D eigenvalue weighted by atomic mass is 35.5. The van der Waals surface area contributed by atoms with Gasteiger partial charge in [-0.05, 0) is 24.5 Å². The maximum absolute atomic E-state index is 7.62. The molecule has 0 heterocycles. The molecule has 1 aromatic carbocycles. The maximum Gasteiger partial charge on any atom is 0.0941 e. The van der Waals surface area contributed by atoms with Crippen molar-refractivity contribution in [2.75, 3.05) is 18.6 Å². The second-order valence-electron chi connectivity index (χ2n) is 2.51. The SMILES string of the molecule is CNc1cc(Cl)cc(C(=N)SC)c1. The van der Waals surface area contributed by atoms with Crippen LogP contribution >= 0.6 is 23.4 Å². The summed E-state index contributed by atoms with van der Waals surface area (Å²) in [6, 6.07) is 5.53. The third-order valence-corrected chi connectivity index (χ3v) is 2.51. The van der Waals surface area contributed by atoms with Crippen molar-refractivity contribution in [2.45, 2.75) is 0 Å². The molecular formula is C9H11ClN2S. The van der Waals surface area contributed by atoms with E-state index in [1.165, 1.54) is 11.8 Å². The first-order valence-electron chi connectivity index (χ1n) is 3.78. The summed E-state index contributed by atoms with van der Waals surface area (Å²) in [5.74, 6) is 0. The number of halogens is 1. The van der Waals surface area contributed by atoms with E-state index < -0.39 is 0 Å². The van der Waals surface area contributed by atoms with Crippen molar-refractivity contribution in [3.8, 4) is 0 Å². The zero-order valence-corrected chi connectivity index (χ0v) is 9.09. The molecule has 0 aliphatic carbocycles. The lowest BCUT2D eigenvalue weighted by molar-refractivity contribution is 1.48. The van der Waals surface area contributed by atoms with Crippen molar-refractivity contribution in [2.24, 2.45) is 0 Å². The number of anilines is 1. The van der Waals surface area contributed by atoms with Crippen LogP contribution in [0.2, 0.25) is 5.02 Å². The van der Waals surface area contributed by atoms with E-state index in [9.17, 15) is 0 Å². The van der Waals surface area contributed by atoms with E-state index in [1.807, 2.05) is 25.4 Å². The summed E-state index contributed by atoms with van der Waals surface area (Å²) < 4.78 is 0. The summed E-state index contributed by atoms with van der Waals surface area (Å²) >= 11 is 7.29. The molecule has 0 aliphatic heterocycles. The van der Waals surface area contributed by atoms with Gasteiger partial charge in [-0.1, -0.05) is 11.6 Å². The van der Waals surface area contributed by atoms with E-state index >= 15 is 0 Å². The number of nitrogens with one attached hydrogen (secondary N) is 2. The molecular weight excluding hydrogens is 204 g/mol. The smallest absolute Gasteiger partial charge is 0.0941 e. The summed E-state index contributed by atoms with van der Waals surface area (Å²) in [4.78, 5) is 0. The molecule has 1 rings (SSSR count). The Kier molecular flexibility index (Phi) is 3.63. The van der Waals surface area contributed by atoms with Gasteiger partial charge >= 0.3 is 0 Å². The Morgan fingerprint density at radius 1 is 1.46 bits per heavy atom. The van der Waals surface area contributed by atoms with E-state index in [1.54, 1.807) is 6.07 Å². The van der Waals surface area contributed by atoms with Gasteiger partial charge in [0.25, 0.3) is 0 Å². The van der Waals surface area contributed by atoms with E-state index in [0.29, 0.717) is 10.1 Å². The number of hydrogen-bond acceptors (Lipinski definition) is 3. The number of benzene rings is 1. The highest BCUT2D eigenvalue weighted by Gasteiger charge is 2.02. The van der Waals surface area contributed by atoms with Gasteiger partial charge in [-0.2, -0.15) is 0 Å². The van der Waals surface area contributed by atoms with E-state index in [4.69, 9.17) is 17.0 Å². The summed E-state index contributed by atoms with van der Waals surface area (Å²) in [6.07, 6.45) is 1.88. The van der Waals surface area contributed by atoms with Gasteiger partial charge in [0.1, 0.15) is 0 Å². The Balaban J connectivity index is 3.08. The standard InChI is InChI=1S/C9H11ClN2S/c1-12-8-4-6(9(11)13-2)3-7(10)5-8/h3-5,11-12H,1-2H3. The van der Waals surface area contributed by atoms with Crippen molar-refractivity contribution >= 4 is 34.1 Å². The first kappa shape index (κ1) is 10.4. The molecule has 2 nitrogen and oxygen atoms in total. The molecule has 0 fully saturated rings. The van der Waals surface area contributed by atoms with Crippen LogP contribution in [0, 0.1) is 5.41 Å². The highest BCUT2D eigenvalue weighted by Crippen LogP contribution is 2.21. The fraction of sp³-hybridized carbons (Fsp3) is 0.222. The third-order valence-electron chi connectivity index (χ3n) is 1.65. The quantitative estimate of drug-likeness (QED) is 0.587. The molecule has 13 heavy (non-hydrogen) atoms. The zero-order valence-electron chi connectivity index (χ0n) is 7.52. The molecule has 2 N–H and O–H groups in total. The maximum atomic E-state index is 7.62. The minimum atomic E-state index is 0.527. The second kappa shape index (κ2) is 4.53. The van der Waals surface area contributed by atoms with Gasteiger partial charge in [0.2, 0.25) is 0 Å². The Labute approximate surface area is 87.2 Å². The molecule has 0 aliphatic rings. The van der Waals surface area contributed by atoms with Crippen LogP contribution in [0.25, 0.3) is 0 Å². The average molecular weight is 215 g/mol. The summed E-state index contributed by atoms with van der Waals surface area (Å²) in [6.45, 7) is 0. The monoisotopic (exact) mass is 214 g/mol. The molecule has 4 heteroatoms. The molecule has 0 bridgehead atoms. The molecule has 0 spiro atoms. The average Bonchev–Trinajstić information content (AvgIpc) is 2.15. The van der Waals surface area contributed by atoms with Crippen LogP contribution in [0.4, 0.5) is 5.69 Å². The Bertz CT molecular complexity index is 325. The third kappa shape index (κ3) is 2.64. The Morgan fingerprint density at radius 2 is 2.15 bits per heavy atom. The van der Waals surface area contributed by atoms with E-state index in [0.717, 1.165) is 11.3 Å². The molecule has 0 radical (unpaired) electrons. The molecule has 0 amide bonds. The van der Waals surface area contributed by atoms with Crippen molar-refractivity contribution < 1.29 is 0 Å². The molecule has 0 atom stereocenters. The summed E-state index contributed by atoms with van der Waals surface area (Å²) in [5.41, 5.74) is 1.78. The largest absolute Gasteiger partial charge is 0.388 e. The van der Waals surface area contributed by atoms with Crippen LogP contribution in [0.1, 0.15) is 5.56 Å². The fourth-order valence-corrected chi connectivity index (χ4v) is 1.57. The molecule has 0 saturated heterocycles. The van der Waals surface area contributed by atoms with Crippen LogP contribution in [-0.4, -0.2) is 18.3 Å². The van der Waals surface area contributed by atoms with Crippen molar-refractivity contribution in [1.82, 2.24) is 0 Å². The van der Waals surface area contributed by atoms with Crippen LogP contribution in [-0.2, 0) is 0 Å². The number of hydrogen-bond donors (Lipinski definition) is 2. The minimum Gasteiger partial charge on any atom is -0.388 e. The van der Waals surface area contributed by atoms with Crippen LogP contribution in [0.15, 0.2) is 18.2 Å². The van der Waals surface area contributed by atoms with Gasteiger partial charge in [0, 0.05) is 23.3 Å². The number of rotatable bonds is 2. The molecule has 0 saturated carbocycles. The molecule has 0 unspecified atom stereocenters. The van der Waals surface area contributed by atoms with Crippen LogP contribution < -0.4 is 5.32 Å². The summed E-state index contributed by atoms with van der Waals surface area (Å²) in [5, 5.41) is 11.8. The predicted octanol–water partition coefficient (Wildman–Crippen LogP) is 3.07. The van der Waals surface area contributed by atoms with Crippen LogP contribution in [0.5, 0.6) is 0 Å². The lowest BCUT2D eigenvalue weighted by atomic mass is 10.2. The van der Waals surface area contributed by atoms with Gasteiger partial charge < -0.3 is 5.32 Å². The summed E-state index contributed by atoms with van der Waals surface area (Å²) in [7, 11) is 1.83. The first-order valence-corrected chi connectivity index (χ1v) is 5.39. The van der Waals surface area contributed by atoms with Crippen LogP contribution in [0.3, 0.4) is 0 Å². The van der Waals surface area contributed by atoms with Crippen molar-refractivity contribution in [1.29, 1.82) is 5.41 Å². The predicted molar refractivity (Wildman–Crippen MR) is 61.3 cm³/mol. The van der Waals surface area contributed by atoms with Gasteiger partial charge in [0.05, 0.1) is 5.04 Å². The molecule has 1 aromatic rings. The van der Waals surface area contributed by atoms with Crippen molar-refractivity contribution in [3.63, 3.8) is 0 Å². The highest BCUT2D eigenvalue weighted by molar-refractivity contribution is 8.13. The lowest BCUT2D eigenvalue weighted by Crippen LogP contribution is -1.95. The normalized spacial score (nSPS) is 9.77. The topological polar surface area (TPSA) is 35.9 Å². The molecule has 70 valence electrons.